The van der Waals surface area contributed by atoms with E-state index in [2.05, 4.69) is 25.5 Å². The third-order valence-electron chi connectivity index (χ3n) is 6.63. The molecule has 1 aromatic heterocycles. The van der Waals surface area contributed by atoms with Gasteiger partial charge in [-0.3, -0.25) is 4.79 Å². The van der Waals surface area contributed by atoms with E-state index in [0.717, 1.165) is 44.6 Å². The number of carbonyl (C=O) groups is 1. The Morgan fingerprint density at radius 2 is 2.11 bits per heavy atom. The Hall–Kier alpha value is -2.24. The van der Waals surface area contributed by atoms with Gasteiger partial charge in [-0.1, -0.05) is 11.6 Å². The van der Waals surface area contributed by atoms with Crippen LogP contribution in [0.1, 0.15) is 42.6 Å². The van der Waals surface area contributed by atoms with Crippen molar-refractivity contribution in [1.82, 2.24) is 20.2 Å². The molecule has 2 aliphatic heterocycles. The van der Waals surface area contributed by atoms with Crippen LogP contribution in [0.2, 0.25) is 5.02 Å². The largest absolute Gasteiger partial charge is 0.486 e. The molecule has 212 valence electrons. The van der Waals surface area contributed by atoms with Crippen LogP contribution in [-0.2, 0) is 11.2 Å². The summed E-state index contributed by atoms with van der Waals surface area (Å²) in [6.07, 6.45) is 3.82. The normalized spacial score (nSPS) is 19.8. The van der Waals surface area contributed by atoms with Crippen molar-refractivity contribution < 1.29 is 19.0 Å². The van der Waals surface area contributed by atoms with Crippen LogP contribution in [0.25, 0.3) is 0 Å². The van der Waals surface area contributed by atoms with Gasteiger partial charge in [-0.25, -0.2) is 4.98 Å². The van der Waals surface area contributed by atoms with Crippen molar-refractivity contribution in [1.29, 1.82) is 0 Å². The fourth-order valence-electron chi connectivity index (χ4n) is 4.78. The summed E-state index contributed by atoms with van der Waals surface area (Å²) in [6, 6.07) is 3.19. The number of benzene rings is 1. The van der Waals surface area contributed by atoms with Gasteiger partial charge in [0.05, 0.1) is 35.5 Å². The number of likely N-dealkylation sites (tertiary alicyclic amines) is 1. The van der Waals surface area contributed by atoms with E-state index in [-0.39, 0.29) is 42.9 Å². The van der Waals surface area contributed by atoms with E-state index < -0.39 is 5.60 Å². The number of nitrogens with zero attached hydrogens (tertiary/aromatic N) is 3. The minimum absolute atomic E-state index is 0. The lowest BCUT2D eigenvalue weighted by Gasteiger charge is -2.38. The molecule has 10 nitrogen and oxygen atoms in total. The second kappa shape index (κ2) is 13.7. The Kier molecular flexibility index (Phi) is 11.5. The number of hydrogen-bond donors (Lipinski definition) is 3. The zero-order valence-corrected chi connectivity index (χ0v) is 24.5. The first-order valence-corrected chi connectivity index (χ1v) is 12.6. The first-order chi connectivity index (χ1) is 17.2. The Bertz CT molecular complexity index is 1110. The van der Waals surface area contributed by atoms with Gasteiger partial charge < -0.3 is 35.5 Å². The fraction of sp³-hybridized carbons (Fsp3) is 0.560. The van der Waals surface area contributed by atoms with Crippen molar-refractivity contribution in [2.24, 2.45) is 0 Å². The second-order valence-electron chi connectivity index (χ2n) is 9.81. The van der Waals surface area contributed by atoms with Crippen molar-refractivity contribution in [2.45, 2.75) is 50.9 Å². The summed E-state index contributed by atoms with van der Waals surface area (Å²) in [5, 5.41) is 6.74. The van der Waals surface area contributed by atoms with E-state index in [1.807, 2.05) is 13.8 Å². The molecule has 0 saturated carbocycles. The van der Waals surface area contributed by atoms with Crippen molar-refractivity contribution >= 4 is 54.0 Å². The number of aromatic nitrogens is 2. The van der Waals surface area contributed by atoms with Gasteiger partial charge in [-0.2, -0.15) is 4.98 Å². The minimum Gasteiger partial charge on any atom is -0.486 e. The Morgan fingerprint density at radius 3 is 2.82 bits per heavy atom. The quantitative estimate of drug-likeness (QED) is 0.296. The van der Waals surface area contributed by atoms with Crippen LogP contribution in [0.4, 0.5) is 11.6 Å². The fourth-order valence-corrected chi connectivity index (χ4v) is 5.00. The lowest BCUT2D eigenvalue weighted by molar-refractivity contribution is 0.00634. The number of methoxy groups -OCH3 is 2. The van der Waals surface area contributed by atoms with E-state index in [1.54, 1.807) is 32.5 Å². The first-order valence-electron chi connectivity index (χ1n) is 12.2. The molecule has 1 amide bonds. The standard InChI is InChI=1S/C25H35ClN6O4.2ClH/c1-25(2)13-16-21(27)17(26)12-15(22(16)36-25)23(33)30-18-7-11-32(14-19(18)34-3)10-5-8-28-24-29-9-6-20(31-24)35-4;;/h6,9,12,18-19H,5,7-8,10-11,13-14,27H2,1-4H3,(H,30,33)(H,28,29,31);2*1H/t18-,19+;;/m0../s1. The first kappa shape index (κ1) is 32.0. The van der Waals surface area contributed by atoms with E-state index in [9.17, 15) is 4.79 Å². The van der Waals surface area contributed by atoms with E-state index in [4.69, 9.17) is 31.5 Å². The molecular formula is C25H37Cl3N6O4. The van der Waals surface area contributed by atoms with Gasteiger partial charge in [0.2, 0.25) is 11.8 Å². The average molecular weight is 592 g/mol. The highest BCUT2D eigenvalue weighted by Crippen LogP contribution is 2.44. The summed E-state index contributed by atoms with van der Waals surface area (Å²) in [6.45, 7) is 7.14. The van der Waals surface area contributed by atoms with Crippen LogP contribution in [0.3, 0.4) is 0 Å². The average Bonchev–Trinajstić information content (AvgIpc) is 3.20. The minimum atomic E-state index is -0.440. The van der Waals surface area contributed by atoms with Gasteiger partial charge in [0.25, 0.3) is 5.91 Å². The summed E-state index contributed by atoms with van der Waals surface area (Å²) in [5.41, 5.74) is 7.42. The monoisotopic (exact) mass is 590 g/mol. The third-order valence-corrected chi connectivity index (χ3v) is 6.95. The van der Waals surface area contributed by atoms with Crippen LogP contribution in [0, 0.1) is 0 Å². The zero-order valence-electron chi connectivity index (χ0n) is 22.1. The molecule has 1 fully saturated rings. The molecule has 3 heterocycles. The van der Waals surface area contributed by atoms with Crippen molar-refractivity contribution in [3.63, 3.8) is 0 Å². The summed E-state index contributed by atoms with van der Waals surface area (Å²) in [7, 11) is 3.26. The number of anilines is 2. The maximum atomic E-state index is 13.3. The number of ether oxygens (including phenoxy) is 3. The molecule has 0 bridgehead atoms. The second-order valence-corrected chi connectivity index (χ2v) is 10.2. The number of halogens is 3. The highest BCUT2D eigenvalue weighted by molar-refractivity contribution is 6.33. The lowest BCUT2D eigenvalue weighted by Crippen LogP contribution is -2.55. The number of nitrogen functional groups attached to an aromatic ring is 1. The Balaban J connectivity index is 0.00000253. The molecule has 2 atom stereocenters. The van der Waals surface area contributed by atoms with E-state index >= 15 is 0 Å². The Labute approximate surface area is 241 Å². The topological polar surface area (TPSA) is 124 Å². The molecule has 38 heavy (non-hydrogen) atoms. The van der Waals surface area contributed by atoms with Gasteiger partial charge in [0, 0.05) is 51.0 Å². The zero-order chi connectivity index (χ0) is 25.9. The number of carbonyl (C=O) groups excluding carboxylic acids is 1. The molecule has 0 radical (unpaired) electrons. The van der Waals surface area contributed by atoms with Crippen molar-refractivity contribution in [2.75, 3.05) is 51.4 Å². The molecule has 13 heteroatoms. The molecule has 0 unspecified atom stereocenters. The molecule has 4 N–H and O–H groups in total. The predicted octanol–water partition coefficient (Wildman–Crippen LogP) is 3.60. The van der Waals surface area contributed by atoms with Crippen LogP contribution >= 0.6 is 36.4 Å². The molecule has 0 spiro atoms. The highest BCUT2D eigenvalue weighted by atomic mass is 35.5. The maximum absolute atomic E-state index is 13.3. The van der Waals surface area contributed by atoms with Gasteiger partial charge in [0.1, 0.15) is 11.4 Å². The summed E-state index contributed by atoms with van der Waals surface area (Å²) >= 11 is 6.36. The molecule has 2 aliphatic rings. The lowest BCUT2D eigenvalue weighted by atomic mass is 9.97. The van der Waals surface area contributed by atoms with E-state index in [1.165, 1.54) is 0 Å². The third kappa shape index (κ3) is 7.45. The highest BCUT2D eigenvalue weighted by Gasteiger charge is 2.37. The number of hydrogen-bond acceptors (Lipinski definition) is 9. The van der Waals surface area contributed by atoms with Gasteiger partial charge >= 0.3 is 0 Å². The number of rotatable bonds is 9. The molecule has 2 aromatic rings. The van der Waals surface area contributed by atoms with Gasteiger partial charge in [-0.05, 0) is 39.3 Å². The summed E-state index contributed by atoms with van der Waals surface area (Å²) < 4.78 is 17.0. The number of amides is 1. The maximum Gasteiger partial charge on any atom is 0.255 e. The number of nitrogens with two attached hydrogens (primary N) is 1. The van der Waals surface area contributed by atoms with E-state index in [0.29, 0.717) is 40.3 Å². The number of fused-ring (bicyclic) bond motifs is 1. The number of piperidine rings is 1. The van der Waals surface area contributed by atoms with Gasteiger partial charge in [-0.15, -0.1) is 24.8 Å². The van der Waals surface area contributed by atoms with Crippen molar-refractivity contribution in [3.8, 4) is 11.6 Å². The van der Waals surface area contributed by atoms with Crippen LogP contribution in [0.5, 0.6) is 11.6 Å². The molecular weight excluding hydrogens is 555 g/mol. The predicted molar refractivity (Wildman–Crippen MR) is 154 cm³/mol. The van der Waals surface area contributed by atoms with Crippen LogP contribution in [0.15, 0.2) is 18.3 Å². The van der Waals surface area contributed by atoms with Crippen LogP contribution in [-0.4, -0.2) is 78.9 Å². The Morgan fingerprint density at radius 1 is 1.34 bits per heavy atom. The smallest absolute Gasteiger partial charge is 0.255 e. The summed E-state index contributed by atoms with van der Waals surface area (Å²) in [4.78, 5) is 24.1. The van der Waals surface area contributed by atoms with Crippen LogP contribution < -0.4 is 25.8 Å². The van der Waals surface area contributed by atoms with Gasteiger partial charge in [0.15, 0.2) is 0 Å². The molecule has 0 aliphatic carbocycles. The van der Waals surface area contributed by atoms with Crippen molar-refractivity contribution in [3.05, 3.63) is 34.5 Å². The SMILES string of the molecule is COc1ccnc(NCCCN2CC[C@H](NC(=O)c3cc(Cl)c(N)c4c3OC(C)(C)C4)[C@H](OC)C2)n1.Cl.Cl. The molecule has 4 rings (SSSR count). The molecule has 1 saturated heterocycles. The molecule has 1 aromatic carbocycles. The summed E-state index contributed by atoms with van der Waals surface area (Å²) in [5.74, 6) is 1.38. The number of nitrogens with one attached hydrogen (secondary N) is 2.